The lowest BCUT2D eigenvalue weighted by atomic mass is 10.1. The summed E-state index contributed by atoms with van der Waals surface area (Å²) in [5.74, 6) is -0.182. The van der Waals surface area contributed by atoms with E-state index in [9.17, 15) is 4.79 Å². The van der Waals surface area contributed by atoms with E-state index in [1.54, 1.807) is 24.3 Å². The molecule has 0 spiro atoms. The first-order valence-electron chi connectivity index (χ1n) is 5.66. The largest absolute Gasteiger partial charge is 0.409 e. The molecule has 0 radical (unpaired) electrons. The van der Waals surface area contributed by atoms with Crippen LogP contribution in [0.4, 0.5) is 5.82 Å². The summed E-state index contributed by atoms with van der Waals surface area (Å²) >= 11 is 5.98. The maximum Gasteiger partial charge on any atom is 0.230 e. The number of nitrogens with two attached hydrogens (primary N) is 1. The molecule has 7 nitrogen and oxygen atoms in total. The van der Waals surface area contributed by atoms with Gasteiger partial charge in [-0.05, 0) is 11.6 Å². The standard InChI is InChI=1S/C12H12ClN5O2/c13-9-4-2-1-3-7(9)5-10(19)16-12-8(6-15-17-12)11(14)18-20/h1-4,6,20H,5H2,(H2,14,18)(H2,15,16,17,19). The number of hydrogen-bond acceptors (Lipinski definition) is 4. The van der Waals surface area contributed by atoms with E-state index in [0.717, 1.165) is 0 Å². The summed E-state index contributed by atoms with van der Waals surface area (Å²) in [4.78, 5) is 11.9. The summed E-state index contributed by atoms with van der Waals surface area (Å²) in [6.07, 6.45) is 1.45. The molecule has 0 aliphatic carbocycles. The minimum Gasteiger partial charge on any atom is -0.409 e. The second kappa shape index (κ2) is 6.07. The van der Waals surface area contributed by atoms with Gasteiger partial charge < -0.3 is 16.3 Å². The number of oxime groups is 1. The zero-order valence-corrected chi connectivity index (χ0v) is 11.1. The Morgan fingerprint density at radius 3 is 2.95 bits per heavy atom. The summed E-state index contributed by atoms with van der Waals surface area (Å²) in [7, 11) is 0. The van der Waals surface area contributed by atoms with Gasteiger partial charge in [0.1, 0.15) is 5.82 Å². The SMILES string of the molecule is NC(=NO)c1cn[nH]c1NC(=O)Cc1ccccc1Cl. The highest BCUT2D eigenvalue weighted by Gasteiger charge is 2.13. The number of amides is 1. The van der Waals surface area contributed by atoms with Gasteiger partial charge in [0.05, 0.1) is 18.2 Å². The van der Waals surface area contributed by atoms with E-state index in [4.69, 9.17) is 22.5 Å². The highest BCUT2D eigenvalue weighted by Crippen LogP contribution is 2.16. The molecule has 0 atom stereocenters. The number of nitrogens with zero attached hydrogens (tertiary/aromatic N) is 2. The number of carbonyl (C=O) groups is 1. The normalized spacial score (nSPS) is 11.3. The Hall–Kier alpha value is -2.54. The van der Waals surface area contributed by atoms with Crippen molar-refractivity contribution in [2.24, 2.45) is 10.9 Å². The van der Waals surface area contributed by atoms with Gasteiger partial charge in [0, 0.05) is 5.02 Å². The summed E-state index contributed by atoms with van der Waals surface area (Å²) in [6.45, 7) is 0. The number of aromatic nitrogens is 2. The van der Waals surface area contributed by atoms with Crippen molar-refractivity contribution in [1.29, 1.82) is 0 Å². The molecule has 5 N–H and O–H groups in total. The number of hydrogen-bond donors (Lipinski definition) is 4. The van der Waals surface area contributed by atoms with Gasteiger partial charge in [0.25, 0.3) is 0 Å². The number of rotatable bonds is 4. The van der Waals surface area contributed by atoms with Crippen molar-refractivity contribution in [2.75, 3.05) is 5.32 Å². The number of amidine groups is 1. The van der Waals surface area contributed by atoms with Crippen LogP contribution in [-0.2, 0) is 11.2 Å². The number of halogens is 1. The van der Waals surface area contributed by atoms with Crippen LogP contribution in [0, 0.1) is 0 Å². The van der Waals surface area contributed by atoms with Gasteiger partial charge in [-0.1, -0.05) is 35.0 Å². The highest BCUT2D eigenvalue weighted by atomic mass is 35.5. The maximum atomic E-state index is 11.9. The fourth-order valence-electron chi connectivity index (χ4n) is 1.63. The molecule has 0 saturated carbocycles. The molecule has 0 bridgehead atoms. The van der Waals surface area contributed by atoms with Crippen LogP contribution in [0.15, 0.2) is 35.6 Å². The van der Waals surface area contributed by atoms with Crippen molar-refractivity contribution in [3.05, 3.63) is 46.6 Å². The Morgan fingerprint density at radius 2 is 2.25 bits per heavy atom. The molecule has 1 amide bonds. The lowest BCUT2D eigenvalue weighted by molar-refractivity contribution is -0.115. The van der Waals surface area contributed by atoms with E-state index < -0.39 is 0 Å². The highest BCUT2D eigenvalue weighted by molar-refractivity contribution is 6.31. The second-order valence-electron chi connectivity index (χ2n) is 3.96. The number of benzene rings is 1. The second-order valence-corrected chi connectivity index (χ2v) is 4.37. The average Bonchev–Trinajstić information content (AvgIpc) is 2.88. The Kier molecular flexibility index (Phi) is 4.21. The van der Waals surface area contributed by atoms with Crippen molar-refractivity contribution in [3.8, 4) is 0 Å². The number of H-pyrrole nitrogens is 1. The third kappa shape index (κ3) is 3.07. The molecule has 1 heterocycles. The molecule has 20 heavy (non-hydrogen) atoms. The van der Waals surface area contributed by atoms with Crippen LogP contribution in [0.2, 0.25) is 5.02 Å². The van der Waals surface area contributed by atoms with Crippen LogP contribution in [0.1, 0.15) is 11.1 Å². The molecule has 0 saturated heterocycles. The monoisotopic (exact) mass is 293 g/mol. The van der Waals surface area contributed by atoms with E-state index >= 15 is 0 Å². The van der Waals surface area contributed by atoms with E-state index in [-0.39, 0.29) is 24.0 Å². The van der Waals surface area contributed by atoms with Gasteiger partial charge in [-0.3, -0.25) is 9.89 Å². The Morgan fingerprint density at radius 1 is 1.50 bits per heavy atom. The molecule has 2 aromatic rings. The summed E-state index contributed by atoms with van der Waals surface area (Å²) < 4.78 is 0. The van der Waals surface area contributed by atoms with Crippen LogP contribution in [0.3, 0.4) is 0 Å². The van der Waals surface area contributed by atoms with Crippen LogP contribution in [-0.4, -0.2) is 27.1 Å². The molecule has 0 aliphatic rings. The first-order chi connectivity index (χ1) is 9.61. The molecule has 0 fully saturated rings. The number of nitrogens with one attached hydrogen (secondary N) is 2. The van der Waals surface area contributed by atoms with Crippen molar-refractivity contribution >= 4 is 29.2 Å². The predicted octanol–water partition coefficient (Wildman–Crippen LogP) is 1.34. The van der Waals surface area contributed by atoms with Crippen LogP contribution >= 0.6 is 11.6 Å². The zero-order valence-electron chi connectivity index (χ0n) is 10.3. The average molecular weight is 294 g/mol. The number of aromatic amines is 1. The Balaban J connectivity index is 2.10. The van der Waals surface area contributed by atoms with E-state index in [0.29, 0.717) is 16.1 Å². The van der Waals surface area contributed by atoms with Crippen LogP contribution in [0.5, 0.6) is 0 Å². The molecular formula is C12H12ClN5O2. The van der Waals surface area contributed by atoms with Gasteiger partial charge >= 0.3 is 0 Å². The van der Waals surface area contributed by atoms with Crippen molar-refractivity contribution in [1.82, 2.24) is 10.2 Å². The summed E-state index contributed by atoms with van der Waals surface area (Å²) in [6, 6.07) is 7.06. The molecule has 104 valence electrons. The van der Waals surface area contributed by atoms with Gasteiger partial charge in [0.2, 0.25) is 5.91 Å². The minimum atomic E-state index is -0.297. The predicted molar refractivity (Wildman–Crippen MR) is 74.9 cm³/mol. The molecule has 1 aromatic heterocycles. The van der Waals surface area contributed by atoms with Crippen molar-refractivity contribution in [2.45, 2.75) is 6.42 Å². The third-order valence-electron chi connectivity index (χ3n) is 2.60. The lowest BCUT2D eigenvalue weighted by Crippen LogP contribution is -2.19. The van der Waals surface area contributed by atoms with E-state index in [1.165, 1.54) is 6.20 Å². The Bertz CT molecular complexity index is 653. The molecule has 0 unspecified atom stereocenters. The number of anilines is 1. The third-order valence-corrected chi connectivity index (χ3v) is 2.97. The fourth-order valence-corrected chi connectivity index (χ4v) is 1.83. The van der Waals surface area contributed by atoms with Crippen LogP contribution < -0.4 is 11.1 Å². The molecule has 8 heteroatoms. The van der Waals surface area contributed by atoms with Crippen molar-refractivity contribution in [3.63, 3.8) is 0 Å². The van der Waals surface area contributed by atoms with E-state index in [1.807, 2.05) is 0 Å². The van der Waals surface area contributed by atoms with Gasteiger partial charge in [-0.15, -0.1) is 0 Å². The number of carbonyl (C=O) groups excluding carboxylic acids is 1. The first-order valence-corrected chi connectivity index (χ1v) is 6.04. The molecule has 1 aromatic carbocycles. The van der Waals surface area contributed by atoms with E-state index in [2.05, 4.69) is 20.7 Å². The quantitative estimate of drug-likeness (QED) is 0.294. The van der Waals surface area contributed by atoms with Gasteiger partial charge in [0.15, 0.2) is 5.84 Å². The molecule has 0 aliphatic heterocycles. The van der Waals surface area contributed by atoms with Gasteiger partial charge in [-0.25, -0.2) is 0 Å². The summed E-state index contributed by atoms with van der Waals surface area (Å²) in [5.41, 5.74) is 6.47. The maximum absolute atomic E-state index is 11.9. The fraction of sp³-hybridized carbons (Fsp3) is 0.0833. The lowest BCUT2D eigenvalue weighted by Gasteiger charge is -2.06. The first kappa shape index (κ1) is 13.9. The zero-order chi connectivity index (χ0) is 14.5. The summed E-state index contributed by atoms with van der Waals surface area (Å²) in [5, 5.41) is 20.9. The molecule has 2 rings (SSSR count). The van der Waals surface area contributed by atoms with Crippen molar-refractivity contribution < 1.29 is 10.0 Å². The Labute approximate surface area is 119 Å². The smallest absolute Gasteiger partial charge is 0.230 e. The minimum absolute atomic E-state index is 0.105. The van der Waals surface area contributed by atoms with Crippen LogP contribution in [0.25, 0.3) is 0 Å². The van der Waals surface area contributed by atoms with Gasteiger partial charge in [-0.2, -0.15) is 5.10 Å². The molecular weight excluding hydrogens is 282 g/mol. The topological polar surface area (TPSA) is 116 Å².